The first-order valence-corrected chi connectivity index (χ1v) is 9.92. The van der Waals surface area contributed by atoms with Gasteiger partial charge in [-0.2, -0.15) is 5.10 Å². The molecule has 6 heteroatoms. The molecule has 0 aromatic heterocycles. The van der Waals surface area contributed by atoms with E-state index < -0.39 is 0 Å². The smallest absolute Gasteiger partial charge is 0.175 e. The summed E-state index contributed by atoms with van der Waals surface area (Å²) >= 11 is 3.57. The number of methoxy groups -OCH3 is 2. The minimum atomic E-state index is 0.462. The molecule has 0 aliphatic rings. The average Bonchev–Trinajstić information content (AvgIpc) is 2.76. The van der Waals surface area contributed by atoms with Crippen LogP contribution in [-0.4, -0.2) is 20.4 Å². The van der Waals surface area contributed by atoms with Crippen molar-refractivity contribution in [1.82, 2.24) is 5.43 Å². The van der Waals surface area contributed by atoms with Gasteiger partial charge in [-0.1, -0.05) is 48.5 Å². The number of hydrogen-bond donors (Lipinski definition) is 1. The van der Waals surface area contributed by atoms with Crippen LogP contribution in [0.5, 0.6) is 17.2 Å². The molecule has 3 aromatic carbocycles. The fourth-order valence-corrected chi connectivity index (χ4v) is 3.36. The fraction of sp³-hybridized carbons (Fsp3) is 0.174. The molecule has 3 aromatic rings. The Kier molecular flexibility index (Phi) is 7.53. The Morgan fingerprint density at radius 2 is 1.66 bits per heavy atom. The Morgan fingerprint density at radius 3 is 2.41 bits per heavy atom. The first-order valence-electron chi connectivity index (χ1n) is 9.13. The summed E-state index contributed by atoms with van der Waals surface area (Å²) in [5, 5.41) is 4.30. The predicted molar refractivity (Wildman–Crippen MR) is 119 cm³/mol. The zero-order valence-electron chi connectivity index (χ0n) is 16.4. The molecule has 0 aliphatic heterocycles. The maximum Gasteiger partial charge on any atom is 0.175 e. The third-order valence-electron chi connectivity index (χ3n) is 4.24. The van der Waals surface area contributed by atoms with E-state index in [0.29, 0.717) is 24.7 Å². The molecular formula is C23H23BrN2O3. The van der Waals surface area contributed by atoms with Crippen LogP contribution >= 0.6 is 15.9 Å². The molecule has 0 saturated heterocycles. The lowest BCUT2D eigenvalue weighted by Crippen LogP contribution is -2.07. The average molecular weight is 455 g/mol. The summed E-state index contributed by atoms with van der Waals surface area (Å²) < 4.78 is 17.6. The number of hydrazone groups is 1. The van der Waals surface area contributed by atoms with Crippen LogP contribution in [0, 0.1) is 0 Å². The Bertz CT molecular complexity index is 962. The van der Waals surface area contributed by atoms with Gasteiger partial charge in [0.05, 0.1) is 31.5 Å². The second kappa shape index (κ2) is 10.5. The maximum absolute atomic E-state index is 5.96. The SMILES string of the molecule is COc1ccccc1CN/N=C/c1cc(Br)c(OCc2ccccc2)c(OC)c1. The Hall–Kier alpha value is -2.99. The fourth-order valence-electron chi connectivity index (χ4n) is 2.78. The highest BCUT2D eigenvalue weighted by atomic mass is 79.9. The molecule has 0 heterocycles. The van der Waals surface area contributed by atoms with Crippen LogP contribution in [0.15, 0.2) is 76.3 Å². The number of nitrogens with one attached hydrogen (secondary N) is 1. The van der Waals surface area contributed by atoms with Gasteiger partial charge in [-0.3, -0.25) is 0 Å². The molecule has 29 heavy (non-hydrogen) atoms. The summed E-state index contributed by atoms with van der Waals surface area (Å²) in [5.41, 5.74) is 6.06. The molecule has 3 rings (SSSR count). The molecule has 0 aliphatic carbocycles. The van der Waals surface area contributed by atoms with Crippen LogP contribution < -0.4 is 19.6 Å². The Balaban J connectivity index is 1.65. The first kappa shape index (κ1) is 20.7. The van der Waals surface area contributed by atoms with Gasteiger partial charge in [0, 0.05) is 5.56 Å². The molecule has 0 bridgehead atoms. The molecule has 0 radical (unpaired) electrons. The lowest BCUT2D eigenvalue weighted by atomic mass is 10.2. The summed E-state index contributed by atoms with van der Waals surface area (Å²) in [6.07, 6.45) is 1.74. The van der Waals surface area contributed by atoms with Gasteiger partial charge >= 0.3 is 0 Å². The molecule has 5 nitrogen and oxygen atoms in total. The van der Waals surface area contributed by atoms with Crippen LogP contribution in [0.1, 0.15) is 16.7 Å². The molecule has 0 amide bonds. The summed E-state index contributed by atoms with van der Waals surface area (Å²) in [7, 11) is 3.28. The van der Waals surface area contributed by atoms with E-state index in [2.05, 4.69) is 26.5 Å². The normalized spacial score (nSPS) is 10.7. The topological polar surface area (TPSA) is 52.1 Å². The molecule has 150 valence electrons. The van der Waals surface area contributed by atoms with E-state index in [0.717, 1.165) is 26.9 Å². The highest BCUT2D eigenvalue weighted by Crippen LogP contribution is 2.36. The molecule has 0 saturated carbocycles. The predicted octanol–water partition coefficient (Wildman–Crippen LogP) is 5.17. The molecular weight excluding hydrogens is 432 g/mol. The van der Waals surface area contributed by atoms with Gasteiger partial charge < -0.3 is 19.6 Å². The van der Waals surface area contributed by atoms with Crippen molar-refractivity contribution < 1.29 is 14.2 Å². The van der Waals surface area contributed by atoms with E-state index in [9.17, 15) is 0 Å². The van der Waals surface area contributed by atoms with Crippen molar-refractivity contribution in [3.8, 4) is 17.2 Å². The van der Waals surface area contributed by atoms with Crippen molar-refractivity contribution in [2.45, 2.75) is 13.2 Å². The number of benzene rings is 3. The van der Waals surface area contributed by atoms with Crippen molar-refractivity contribution in [3.05, 3.63) is 87.9 Å². The zero-order chi connectivity index (χ0) is 20.5. The largest absolute Gasteiger partial charge is 0.496 e. The maximum atomic E-state index is 5.96. The van der Waals surface area contributed by atoms with Crippen LogP contribution in [-0.2, 0) is 13.2 Å². The van der Waals surface area contributed by atoms with E-state index >= 15 is 0 Å². The van der Waals surface area contributed by atoms with Crippen LogP contribution in [0.3, 0.4) is 0 Å². The lowest BCUT2D eigenvalue weighted by molar-refractivity contribution is 0.282. The number of nitrogens with zero attached hydrogens (tertiary/aromatic N) is 1. The van der Waals surface area contributed by atoms with Crippen molar-refractivity contribution in [2.75, 3.05) is 14.2 Å². The van der Waals surface area contributed by atoms with Crippen LogP contribution in [0.2, 0.25) is 0 Å². The number of halogens is 1. The third-order valence-corrected chi connectivity index (χ3v) is 4.83. The molecule has 0 atom stereocenters. The van der Waals surface area contributed by atoms with E-state index in [1.54, 1.807) is 20.4 Å². The Morgan fingerprint density at radius 1 is 0.931 bits per heavy atom. The Labute approximate surface area is 179 Å². The third kappa shape index (κ3) is 5.74. The van der Waals surface area contributed by atoms with Crippen LogP contribution in [0.4, 0.5) is 0 Å². The van der Waals surface area contributed by atoms with Gasteiger partial charge in [0.25, 0.3) is 0 Å². The molecule has 0 spiro atoms. The van der Waals surface area contributed by atoms with Gasteiger partial charge in [-0.15, -0.1) is 0 Å². The molecule has 1 N–H and O–H groups in total. The van der Waals surface area contributed by atoms with Gasteiger partial charge in [0.2, 0.25) is 0 Å². The monoisotopic (exact) mass is 454 g/mol. The lowest BCUT2D eigenvalue weighted by Gasteiger charge is -2.13. The van der Waals surface area contributed by atoms with Gasteiger partial charge in [-0.25, -0.2) is 0 Å². The van der Waals surface area contributed by atoms with E-state index in [1.807, 2.05) is 66.7 Å². The van der Waals surface area contributed by atoms with E-state index in [-0.39, 0.29) is 0 Å². The van der Waals surface area contributed by atoms with Gasteiger partial charge in [0.15, 0.2) is 11.5 Å². The number of rotatable bonds is 9. The standard InChI is InChI=1S/C23H23BrN2O3/c1-27-21-11-7-6-10-19(21)15-26-25-14-18-12-20(24)23(22(13-18)28-2)29-16-17-8-4-3-5-9-17/h3-14,26H,15-16H2,1-2H3/b25-14+. The highest BCUT2D eigenvalue weighted by molar-refractivity contribution is 9.10. The first-order chi connectivity index (χ1) is 14.2. The number of hydrogen-bond acceptors (Lipinski definition) is 5. The summed E-state index contributed by atoms with van der Waals surface area (Å²) in [6.45, 7) is 1.03. The number of ether oxygens (including phenoxy) is 3. The van der Waals surface area contributed by atoms with Crippen molar-refractivity contribution in [1.29, 1.82) is 0 Å². The van der Waals surface area contributed by atoms with Gasteiger partial charge in [-0.05, 0) is 45.3 Å². The second-order valence-corrected chi connectivity index (χ2v) is 7.07. The molecule has 0 fully saturated rings. The second-order valence-electron chi connectivity index (χ2n) is 6.21. The molecule has 0 unspecified atom stereocenters. The zero-order valence-corrected chi connectivity index (χ0v) is 18.0. The van der Waals surface area contributed by atoms with Crippen molar-refractivity contribution in [2.24, 2.45) is 5.10 Å². The van der Waals surface area contributed by atoms with E-state index in [4.69, 9.17) is 14.2 Å². The number of para-hydroxylation sites is 1. The summed E-state index contributed by atoms with van der Waals surface area (Å²) in [5.74, 6) is 2.14. The van der Waals surface area contributed by atoms with Crippen molar-refractivity contribution >= 4 is 22.1 Å². The summed E-state index contributed by atoms with van der Waals surface area (Å²) in [4.78, 5) is 0. The summed E-state index contributed by atoms with van der Waals surface area (Å²) in [6, 6.07) is 21.7. The van der Waals surface area contributed by atoms with Crippen molar-refractivity contribution in [3.63, 3.8) is 0 Å². The van der Waals surface area contributed by atoms with Crippen LogP contribution in [0.25, 0.3) is 0 Å². The van der Waals surface area contributed by atoms with Gasteiger partial charge in [0.1, 0.15) is 12.4 Å². The quantitative estimate of drug-likeness (QED) is 0.357. The minimum Gasteiger partial charge on any atom is -0.496 e. The minimum absolute atomic E-state index is 0.462. The highest BCUT2D eigenvalue weighted by Gasteiger charge is 2.11. The van der Waals surface area contributed by atoms with E-state index in [1.165, 1.54) is 0 Å².